The molecule has 0 radical (unpaired) electrons. The maximum Gasteiger partial charge on any atom is 0.326 e. The molecule has 1 unspecified atom stereocenters. The number of aliphatic carboxylic acids is 1. The predicted molar refractivity (Wildman–Crippen MR) is 67.9 cm³/mol. The molecule has 0 bridgehead atoms. The van der Waals surface area contributed by atoms with E-state index in [-0.39, 0.29) is 0 Å². The zero-order chi connectivity index (χ0) is 13.4. The van der Waals surface area contributed by atoms with E-state index in [9.17, 15) is 4.79 Å². The molecule has 0 saturated heterocycles. The molecule has 1 atom stereocenters. The summed E-state index contributed by atoms with van der Waals surface area (Å²) in [6, 6.07) is -1.07. The molecule has 1 rings (SSSR count). The minimum atomic E-state index is -1.09. The van der Waals surface area contributed by atoms with Gasteiger partial charge in [0.1, 0.15) is 6.04 Å². The van der Waals surface area contributed by atoms with Crippen molar-refractivity contribution in [2.24, 2.45) is 5.73 Å². The molecule has 0 aromatic carbocycles. The highest BCUT2D eigenvalue weighted by molar-refractivity contribution is 7.13. The number of hydrogen-bond acceptors (Lipinski definition) is 7. The normalized spacial score (nSPS) is 12.3. The Morgan fingerprint density at radius 3 is 3.06 bits per heavy atom. The van der Waals surface area contributed by atoms with Crippen LogP contribution < -0.4 is 11.1 Å². The summed E-state index contributed by atoms with van der Waals surface area (Å²) in [5.41, 5.74) is 5.80. The number of thiazole rings is 1. The van der Waals surface area contributed by atoms with Crippen LogP contribution in [0.2, 0.25) is 0 Å². The summed E-state index contributed by atoms with van der Waals surface area (Å²) >= 11 is 1.32. The maximum absolute atomic E-state index is 10.7. The van der Waals surface area contributed by atoms with Crippen LogP contribution in [-0.4, -0.2) is 49.5 Å². The van der Waals surface area contributed by atoms with Gasteiger partial charge in [0, 0.05) is 19.0 Å². The molecule has 0 spiro atoms. The van der Waals surface area contributed by atoms with Crippen LogP contribution in [0.25, 0.3) is 0 Å². The Kier molecular flexibility index (Phi) is 6.58. The van der Waals surface area contributed by atoms with Gasteiger partial charge >= 0.3 is 5.97 Å². The number of nitrogens with one attached hydrogen (secondary N) is 1. The van der Waals surface area contributed by atoms with E-state index in [0.717, 1.165) is 0 Å². The van der Waals surface area contributed by atoms with Crippen LogP contribution in [0.15, 0.2) is 5.38 Å². The van der Waals surface area contributed by atoms with Gasteiger partial charge in [0.2, 0.25) is 0 Å². The Labute approximate surface area is 109 Å². The molecule has 0 aliphatic rings. The van der Waals surface area contributed by atoms with Gasteiger partial charge in [-0.05, 0) is 0 Å². The zero-order valence-corrected chi connectivity index (χ0v) is 10.9. The number of nitrogens with zero attached hydrogens (tertiary/aromatic N) is 1. The molecule has 8 heteroatoms. The molecule has 0 fully saturated rings. The summed E-state index contributed by atoms with van der Waals surface area (Å²) in [4.78, 5) is 14.7. The summed E-state index contributed by atoms with van der Waals surface area (Å²) in [6.07, 6.45) is 0. The monoisotopic (exact) mass is 275 g/mol. The van der Waals surface area contributed by atoms with Crippen molar-refractivity contribution in [3.8, 4) is 0 Å². The standard InChI is InChI=1S/C10H17N3O4S/c1-16-4-5-17-3-2-12-10-13-7(6-18-10)8(11)9(14)15/h6,8H,2-5,11H2,1H3,(H,12,13)(H,14,15). The van der Waals surface area contributed by atoms with Gasteiger partial charge in [-0.3, -0.25) is 4.79 Å². The van der Waals surface area contributed by atoms with E-state index in [2.05, 4.69) is 10.3 Å². The Morgan fingerprint density at radius 2 is 2.39 bits per heavy atom. The van der Waals surface area contributed by atoms with E-state index < -0.39 is 12.0 Å². The molecule has 4 N–H and O–H groups in total. The number of methoxy groups -OCH3 is 1. The molecule has 0 aliphatic carbocycles. The topological polar surface area (TPSA) is 107 Å². The predicted octanol–water partition coefficient (Wildman–Crippen LogP) is 0.302. The average Bonchev–Trinajstić information content (AvgIpc) is 2.81. The van der Waals surface area contributed by atoms with Crippen LogP contribution in [0.3, 0.4) is 0 Å². The number of rotatable bonds is 9. The number of aromatic nitrogens is 1. The molecule has 0 saturated carbocycles. The van der Waals surface area contributed by atoms with Gasteiger partial charge in [0.05, 0.1) is 25.5 Å². The molecule has 1 heterocycles. The Bertz CT molecular complexity index is 372. The zero-order valence-electron chi connectivity index (χ0n) is 10.1. The number of carboxylic acid groups (broad SMARTS) is 1. The number of carbonyl (C=O) groups is 1. The van der Waals surface area contributed by atoms with Gasteiger partial charge in [-0.1, -0.05) is 0 Å². The summed E-state index contributed by atoms with van der Waals surface area (Å²) in [7, 11) is 1.62. The van der Waals surface area contributed by atoms with Gasteiger partial charge in [-0.2, -0.15) is 0 Å². The fourth-order valence-electron chi connectivity index (χ4n) is 1.11. The SMILES string of the molecule is COCCOCCNc1nc(C(N)C(=O)O)cs1. The van der Waals surface area contributed by atoms with E-state index in [4.69, 9.17) is 20.3 Å². The number of carboxylic acids is 1. The van der Waals surface area contributed by atoms with E-state index in [1.807, 2.05) is 0 Å². The quantitative estimate of drug-likeness (QED) is 0.556. The smallest absolute Gasteiger partial charge is 0.326 e. The first-order valence-corrected chi connectivity index (χ1v) is 6.27. The van der Waals surface area contributed by atoms with Gasteiger partial charge in [0.25, 0.3) is 0 Å². The third-order valence-electron chi connectivity index (χ3n) is 2.06. The molecule has 18 heavy (non-hydrogen) atoms. The second-order valence-corrected chi connectivity index (χ2v) is 4.28. The molecular formula is C10H17N3O4S. The van der Waals surface area contributed by atoms with Crippen molar-refractivity contribution >= 4 is 22.4 Å². The molecular weight excluding hydrogens is 258 g/mol. The highest BCUT2D eigenvalue weighted by Gasteiger charge is 2.17. The van der Waals surface area contributed by atoms with Crippen LogP contribution in [0, 0.1) is 0 Å². The highest BCUT2D eigenvalue weighted by Crippen LogP contribution is 2.19. The molecule has 102 valence electrons. The van der Waals surface area contributed by atoms with E-state index in [0.29, 0.717) is 37.2 Å². The second kappa shape index (κ2) is 7.98. The van der Waals surface area contributed by atoms with Crippen molar-refractivity contribution in [1.29, 1.82) is 0 Å². The number of nitrogens with two attached hydrogens (primary N) is 1. The van der Waals surface area contributed by atoms with E-state index >= 15 is 0 Å². The van der Waals surface area contributed by atoms with Crippen molar-refractivity contribution in [3.05, 3.63) is 11.1 Å². The largest absolute Gasteiger partial charge is 0.480 e. The maximum atomic E-state index is 10.7. The van der Waals surface area contributed by atoms with Gasteiger partial charge < -0.3 is 25.6 Å². The lowest BCUT2D eigenvalue weighted by Crippen LogP contribution is -2.21. The van der Waals surface area contributed by atoms with E-state index in [1.165, 1.54) is 11.3 Å². The second-order valence-electron chi connectivity index (χ2n) is 3.43. The number of ether oxygens (including phenoxy) is 2. The van der Waals surface area contributed by atoms with Crippen LogP contribution in [0.1, 0.15) is 11.7 Å². The third kappa shape index (κ3) is 4.96. The first-order chi connectivity index (χ1) is 8.65. The van der Waals surface area contributed by atoms with Crippen molar-refractivity contribution < 1.29 is 19.4 Å². The molecule has 7 nitrogen and oxygen atoms in total. The fourth-order valence-corrected chi connectivity index (χ4v) is 1.89. The minimum Gasteiger partial charge on any atom is -0.480 e. The van der Waals surface area contributed by atoms with Crippen LogP contribution >= 0.6 is 11.3 Å². The van der Waals surface area contributed by atoms with Crippen LogP contribution in [-0.2, 0) is 14.3 Å². The minimum absolute atomic E-state index is 0.357. The van der Waals surface area contributed by atoms with Crippen LogP contribution in [0.4, 0.5) is 5.13 Å². The Balaban J connectivity index is 2.25. The first kappa shape index (κ1) is 14.8. The molecule has 1 aromatic heterocycles. The molecule has 0 amide bonds. The summed E-state index contributed by atoms with van der Waals surface area (Å²) in [6.45, 7) is 2.24. The van der Waals surface area contributed by atoms with Gasteiger partial charge in [-0.15, -0.1) is 11.3 Å². The lowest BCUT2D eigenvalue weighted by atomic mass is 10.2. The third-order valence-corrected chi connectivity index (χ3v) is 2.88. The molecule has 0 aliphatic heterocycles. The molecule has 1 aromatic rings. The van der Waals surface area contributed by atoms with Crippen molar-refractivity contribution in [3.63, 3.8) is 0 Å². The van der Waals surface area contributed by atoms with Gasteiger partial charge in [-0.25, -0.2) is 4.98 Å². The number of hydrogen-bond donors (Lipinski definition) is 3. The van der Waals surface area contributed by atoms with Crippen molar-refractivity contribution in [2.75, 3.05) is 38.8 Å². The Morgan fingerprint density at radius 1 is 1.61 bits per heavy atom. The Hall–Kier alpha value is -1.22. The first-order valence-electron chi connectivity index (χ1n) is 5.39. The summed E-state index contributed by atoms with van der Waals surface area (Å²) in [5.74, 6) is -1.09. The summed E-state index contributed by atoms with van der Waals surface area (Å²) < 4.78 is 10.1. The lowest BCUT2D eigenvalue weighted by Gasteiger charge is -2.04. The van der Waals surface area contributed by atoms with Gasteiger partial charge in [0.15, 0.2) is 5.13 Å². The average molecular weight is 275 g/mol. The lowest BCUT2D eigenvalue weighted by molar-refractivity contribution is -0.138. The van der Waals surface area contributed by atoms with Crippen molar-refractivity contribution in [2.45, 2.75) is 6.04 Å². The van der Waals surface area contributed by atoms with E-state index in [1.54, 1.807) is 12.5 Å². The van der Waals surface area contributed by atoms with Crippen molar-refractivity contribution in [1.82, 2.24) is 4.98 Å². The highest BCUT2D eigenvalue weighted by atomic mass is 32.1. The summed E-state index contributed by atoms with van der Waals surface area (Å²) in [5, 5.41) is 14.0. The van der Waals surface area contributed by atoms with Crippen LogP contribution in [0.5, 0.6) is 0 Å². The fraction of sp³-hybridized carbons (Fsp3) is 0.600. The number of anilines is 1.